The van der Waals surface area contributed by atoms with Crippen LogP contribution in [0.5, 0.6) is 0 Å². The lowest BCUT2D eigenvalue weighted by molar-refractivity contribution is 0.578. The Labute approximate surface area is 102 Å². The van der Waals surface area contributed by atoms with E-state index in [0.29, 0.717) is 0 Å². The zero-order chi connectivity index (χ0) is 11.9. The van der Waals surface area contributed by atoms with E-state index in [1.807, 2.05) is 17.9 Å². The lowest BCUT2D eigenvalue weighted by Crippen LogP contribution is -2.04. The number of rotatable bonds is 6. The van der Waals surface area contributed by atoms with Crippen molar-refractivity contribution in [2.45, 2.75) is 25.9 Å². The van der Waals surface area contributed by atoms with Crippen LogP contribution >= 0.6 is 0 Å². The van der Waals surface area contributed by atoms with Crippen LogP contribution in [-0.2, 0) is 19.5 Å². The van der Waals surface area contributed by atoms with Crippen molar-refractivity contribution in [1.29, 1.82) is 0 Å². The number of aromatic nitrogens is 2. The van der Waals surface area contributed by atoms with Crippen LogP contribution in [0, 0.1) is 0 Å². The third kappa shape index (κ3) is 3.71. The zero-order valence-electron chi connectivity index (χ0n) is 10.3. The second-order valence-corrected chi connectivity index (χ2v) is 4.23. The molecule has 3 heteroatoms. The van der Waals surface area contributed by atoms with Crippen LogP contribution in [0.4, 0.5) is 0 Å². The quantitative estimate of drug-likeness (QED) is 0.823. The van der Waals surface area contributed by atoms with E-state index in [2.05, 4.69) is 46.9 Å². The van der Waals surface area contributed by atoms with E-state index >= 15 is 0 Å². The highest BCUT2D eigenvalue weighted by Gasteiger charge is 1.98. The molecule has 0 saturated heterocycles. The number of nitrogens with zero attached hydrogens (tertiary/aromatic N) is 2. The average Bonchev–Trinajstić information content (AvgIpc) is 2.79. The summed E-state index contributed by atoms with van der Waals surface area (Å²) in [5, 5.41) is 7.47. The highest BCUT2D eigenvalue weighted by molar-refractivity contribution is 5.14. The molecule has 0 aliphatic heterocycles. The molecule has 0 unspecified atom stereocenters. The maximum atomic E-state index is 4.34. The molecule has 0 amide bonds. The lowest BCUT2D eigenvalue weighted by Gasteiger charge is -2.02. The number of hydrogen-bond donors (Lipinski definition) is 1. The van der Waals surface area contributed by atoms with Crippen molar-refractivity contribution in [3.05, 3.63) is 53.9 Å². The topological polar surface area (TPSA) is 29.9 Å². The van der Waals surface area contributed by atoms with E-state index in [9.17, 15) is 0 Å². The van der Waals surface area contributed by atoms with Gasteiger partial charge in [-0.2, -0.15) is 5.10 Å². The van der Waals surface area contributed by atoms with Gasteiger partial charge in [0.1, 0.15) is 0 Å². The van der Waals surface area contributed by atoms with Gasteiger partial charge in [0.2, 0.25) is 0 Å². The maximum absolute atomic E-state index is 4.34. The summed E-state index contributed by atoms with van der Waals surface area (Å²) in [6, 6.07) is 10.6. The first-order valence-electron chi connectivity index (χ1n) is 6.08. The number of nitrogens with one attached hydrogen (secondary N) is 1. The van der Waals surface area contributed by atoms with Gasteiger partial charge in [-0.05, 0) is 25.5 Å². The first-order valence-corrected chi connectivity index (χ1v) is 6.08. The Hall–Kier alpha value is -1.61. The maximum Gasteiger partial charge on any atom is 0.0534 e. The van der Waals surface area contributed by atoms with E-state index < -0.39 is 0 Å². The van der Waals surface area contributed by atoms with Crippen molar-refractivity contribution in [1.82, 2.24) is 15.1 Å². The van der Waals surface area contributed by atoms with Crippen LogP contribution < -0.4 is 5.32 Å². The SMILES string of the molecule is CNCc1cnn(CCCc2ccccc2)c1. The van der Waals surface area contributed by atoms with Crippen LogP contribution in [-0.4, -0.2) is 16.8 Å². The molecule has 0 atom stereocenters. The summed E-state index contributed by atoms with van der Waals surface area (Å²) in [7, 11) is 1.95. The van der Waals surface area contributed by atoms with E-state index in [-0.39, 0.29) is 0 Å². The Morgan fingerprint density at radius 1 is 1.18 bits per heavy atom. The van der Waals surface area contributed by atoms with Gasteiger partial charge in [-0.1, -0.05) is 30.3 Å². The Kier molecular flexibility index (Phi) is 4.33. The Bertz CT molecular complexity index is 434. The number of benzene rings is 1. The van der Waals surface area contributed by atoms with E-state index in [4.69, 9.17) is 0 Å². The van der Waals surface area contributed by atoms with Crippen molar-refractivity contribution in [3.63, 3.8) is 0 Å². The van der Waals surface area contributed by atoms with E-state index in [0.717, 1.165) is 25.9 Å². The van der Waals surface area contributed by atoms with Crippen molar-refractivity contribution in [2.24, 2.45) is 0 Å². The minimum Gasteiger partial charge on any atom is -0.316 e. The fourth-order valence-electron chi connectivity index (χ4n) is 1.91. The summed E-state index contributed by atoms with van der Waals surface area (Å²) < 4.78 is 2.02. The Balaban J connectivity index is 1.78. The van der Waals surface area contributed by atoms with Crippen LogP contribution in [0.1, 0.15) is 17.5 Å². The molecule has 2 rings (SSSR count). The third-order valence-electron chi connectivity index (χ3n) is 2.76. The van der Waals surface area contributed by atoms with Gasteiger partial charge in [0, 0.05) is 24.8 Å². The van der Waals surface area contributed by atoms with E-state index in [1.165, 1.54) is 11.1 Å². The fraction of sp³-hybridized carbons (Fsp3) is 0.357. The Morgan fingerprint density at radius 3 is 2.76 bits per heavy atom. The van der Waals surface area contributed by atoms with Gasteiger partial charge in [-0.25, -0.2) is 0 Å². The molecule has 0 aliphatic carbocycles. The fourth-order valence-corrected chi connectivity index (χ4v) is 1.91. The molecule has 1 N–H and O–H groups in total. The molecular formula is C14H19N3. The first-order chi connectivity index (χ1) is 8.38. The molecule has 0 aliphatic rings. The van der Waals surface area contributed by atoms with Crippen molar-refractivity contribution >= 4 is 0 Å². The number of aryl methyl sites for hydroxylation is 2. The van der Waals surface area contributed by atoms with Gasteiger partial charge in [0.15, 0.2) is 0 Å². The van der Waals surface area contributed by atoms with Gasteiger partial charge in [0.25, 0.3) is 0 Å². The molecule has 0 bridgehead atoms. The molecule has 1 heterocycles. The van der Waals surface area contributed by atoms with Gasteiger partial charge >= 0.3 is 0 Å². The molecule has 0 fully saturated rings. The van der Waals surface area contributed by atoms with Crippen LogP contribution in [0.2, 0.25) is 0 Å². The largest absolute Gasteiger partial charge is 0.316 e. The smallest absolute Gasteiger partial charge is 0.0534 e. The average molecular weight is 229 g/mol. The normalized spacial score (nSPS) is 10.6. The van der Waals surface area contributed by atoms with Crippen LogP contribution in [0.3, 0.4) is 0 Å². The zero-order valence-corrected chi connectivity index (χ0v) is 10.3. The summed E-state index contributed by atoms with van der Waals surface area (Å²) in [6.45, 7) is 1.87. The summed E-state index contributed by atoms with van der Waals surface area (Å²) in [6.07, 6.45) is 6.28. The molecule has 2 aromatic rings. The molecule has 3 nitrogen and oxygen atoms in total. The monoisotopic (exact) mass is 229 g/mol. The second-order valence-electron chi connectivity index (χ2n) is 4.23. The molecular weight excluding hydrogens is 210 g/mol. The molecule has 0 spiro atoms. The van der Waals surface area contributed by atoms with Gasteiger partial charge < -0.3 is 5.32 Å². The van der Waals surface area contributed by atoms with Crippen LogP contribution in [0.25, 0.3) is 0 Å². The minimum atomic E-state index is 0.888. The Morgan fingerprint density at radius 2 is 2.00 bits per heavy atom. The highest BCUT2D eigenvalue weighted by atomic mass is 15.3. The predicted molar refractivity (Wildman–Crippen MR) is 69.8 cm³/mol. The van der Waals surface area contributed by atoms with Crippen molar-refractivity contribution in [2.75, 3.05) is 7.05 Å². The summed E-state index contributed by atoms with van der Waals surface area (Å²) in [5.74, 6) is 0. The highest BCUT2D eigenvalue weighted by Crippen LogP contribution is 2.04. The first kappa shape index (κ1) is 11.9. The summed E-state index contributed by atoms with van der Waals surface area (Å²) >= 11 is 0. The van der Waals surface area contributed by atoms with Gasteiger partial charge in [-0.3, -0.25) is 4.68 Å². The molecule has 17 heavy (non-hydrogen) atoms. The van der Waals surface area contributed by atoms with E-state index in [1.54, 1.807) is 0 Å². The van der Waals surface area contributed by atoms with Gasteiger partial charge in [0.05, 0.1) is 6.20 Å². The standard InChI is InChI=1S/C14H19N3/c1-15-10-14-11-16-17(12-14)9-5-8-13-6-3-2-4-7-13/h2-4,6-7,11-12,15H,5,8-10H2,1H3. The van der Waals surface area contributed by atoms with Crippen LogP contribution in [0.15, 0.2) is 42.7 Å². The molecule has 0 saturated carbocycles. The number of hydrogen-bond acceptors (Lipinski definition) is 2. The van der Waals surface area contributed by atoms with Gasteiger partial charge in [-0.15, -0.1) is 0 Å². The minimum absolute atomic E-state index is 0.888. The predicted octanol–water partition coefficient (Wildman–Crippen LogP) is 2.24. The third-order valence-corrected chi connectivity index (χ3v) is 2.76. The summed E-state index contributed by atoms with van der Waals surface area (Å²) in [5.41, 5.74) is 2.64. The summed E-state index contributed by atoms with van der Waals surface area (Å²) in [4.78, 5) is 0. The van der Waals surface area contributed by atoms with Crippen molar-refractivity contribution in [3.8, 4) is 0 Å². The lowest BCUT2D eigenvalue weighted by atomic mass is 10.1. The molecule has 90 valence electrons. The molecule has 0 radical (unpaired) electrons. The van der Waals surface area contributed by atoms with Crippen molar-refractivity contribution < 1.29 is 0 Å². The second kappa shape index (κ2) is 6.21. The molecule has 1 aromatic carbocycles. The molecule has 1 aromatic heterocycles.